The van der Waals surface area contributed by atoms with E-state index in [2.05, 4.69) is 4.90 Å². The molecule has 150 valence electrons. The number of nitrogens with two attached hydrogens (primary N) is 1. The van der Waals surface area contributed by atoms with Crippen LogP contribution in [0.25, 0.3) is 0 Å². The number of rotatable bonds is 5. The van der Waals surface area contributed by atoms with Crippen LogP contribution in [0.5, 0.6) is 0 Å². The van der Waals surface area contributed by atoms with Crippen molar-refractivity contribution in [2.45, 2.75) is 32.8 Å². The fourth-order valence-electron chi connectivity index (χ4n) is 3.25. The van der Waals surface area contributed by atoms with Crippen molar-refractivity contribution in [3.63, 3.8) is 0 Å². The third-order valence-electron chi connectivity index (χ3n) is 4.47. The maximum atomic E-state index is 12.1. The fraction of sp³-hybridized carbons (Fsp3) is 0.875. The molecule has 2 rings (SSSR count). The highest BCUT2D eigenvalue weighted by molar-refractivity contribution is 7.89. The van der Waals surface area contributed by atoms with Gasteiger partial charge in [0.05, 0.1) is 5.75 Å². The third kappa shape index (κ3) is 6.73. The summed E-state index contributed by atoms with van der Waals surface area (Å²) in [6.07, 6.45) is -0.0549. The Morgan fingerprint density at radius 1 is 1.19 bits per heavy atom. The van der Waals surface area contributed by atoms with E-state index in [0.29, 0.717) is 32.7 Å². The molecule has 26 heavy (non-hydrogen) atoms. The van der Waals surface area contributed by atoms with Gasteiger partial charge in [0.2, 0.25) is 15.9 Å². The molecule has 0 bridgehead atoms. The molecule has 10 heteroatoms. The molecule has 0 saturated carbocycles. The van der Waals surface area contributed by atoms with Crippen molar-refractivity contribution in [1.29, 1.82) is 0 Å². The zero-order valence-electron chi connectivity index (χ0n) is 15.8. The molecule has 0 spiro atoms. The maximum absolute atomic E-state index is 12.1. The molecule has 9 nitrogen and oxygen atoms in total. The number of sulfonamides is 1. The van der Waals surface area contributed by atoms with Crippen LogP contribution in [0, 0.1) is 5.92 Å². The summed E-state index contributed by atoms with van der Waals surface area (Å²) in [6.45, 7) is 9.87. The number of likely N-dealkylation sites (tertiary alicyclic amines) is 1. The summed E-state index contributed by atoms with van der Waals surface area (Å²) in [5.74, 6) is -0.392. The van der Waals surface area contributed by atoms with E-state index in [1.54, 1.807) is 9.80 Å². The minimum atomic E-state index is -3.56. The summed E-state index contributed by atoms with van der Waals surface area (Å²) in [5.41, 5.74) is -0.502. The highest BCUT2D eigenvalue weighted by Crippen LogP contribution is 2.19. The van der Waals surface area contributed by atoms with Gasteiger partial charge in [0.25, 0.3) is 0 Å². The predicted molar refractivity (Wildman–Crippen MR) is 96.9 cm³/mol. The number of carbonyl (C=O) groups is 2. The van der Waals surface area contributed by atoms with Crippen molar-refractivity contribution in [2.75, 3.05) is 51.6 Å². The molecule has 0 aliphatic carbocycles. The van der Waals surface area contributed by atoms with Gasteiger partial charge in [-0.1, -0.05) is 0 Å². The average molecular weight is 391 g/mol. The van der Waals surface area contributed by atoms with Crippen LogP contribution in [0.1, 0.15) is 27.2 Å². The summed E-state index contributed by atoms with van der Waals surface area (Å²) in [5, 5.41) is 5.06. The number of primary sulfonamides is 1. The maximum Gasteiger partial charge on any atom is 0.410 e. The zero-order chi connectivity index (χ0) is 19.5. The molecular formula is C16H30N4O5S. The van der Waals surface area contributed by atoms with Crippen LogP contribution in [-0.2, 0) is 19.6 Å². The van der Waals surface area contributed by atoms with E-state index in [1.807, 2.05) is 20.8 Å². The van der Waals surface area contributed by atoms with Crippen molar-refractivity contribution in [1.82, 2.24) is 14.7 Å². The highest BCUT2D eigenvalue weighted by Gasteiger charge is 2.32. The number of piperazine rings is 1. The molecule has 2 saturated heterocycles. The van der Waals surface area contributed by atoms with Gasteiger partial charge in [-0.3, -0.25) is 9.69 Å². The van der Waals surface area contributed by atoms with Crippen LogP contribution in [0.4, 0.5) is 4.79 Å². The molecule has 1 atom stereocenters. The third-order valence-corrected chi connectivity index (χ3v) is 5.41. The summed E-state index contributed by atoms with van der Waals surface area (Å²) < 4.78 is 27.7. The number of amides is 2. The molecule has 1 unspecified atom stereocenters. The Bertz CT molecular complexity index is 623. The van der Waals surface area contributed by atoms with E-state index in [-0.39, 0.29) is 30.1 Å². The van der Waals surface area contributed by atoms with Gasteiger partial charge < -0.3 is 14.5 Å². The molecule has 2 aliphatic rings. The highest BCUT2D eigenvalue weighted by atomic mass is 32.2. The van der Waals surface area contributed by atoms with Crippen molar-refractivity contribution >= 4 is 22.0 Å². The van der Waals surface area contributed by atoms with E-state index >= 15 is 0 Å². The van der Waals surface area contributed by atoms with E-state index in [9.17, 15) is 18.0 Å². The first-order chi connectivity index (χ1) is 11.9. The molecule has 2 fully saturated rings. The minimum absolute atomic E-state index is 0.0222. The van der Waals surface area contributed by atoms with Crippen molar-refractivity contribution in [3.8, 4) is 0 Å². The standard InChI is InChI=1S/C16H30N4O5S/c1-16(2,3)25-15(22)19-7-4-18(5-8-19)6-9-20-11-13(10-14(20)21)12-26(17,23)24/h13H,4-12H2,1-3H3,(H2,17,23,24). The quantitative estimate of drug-likeness (QED) is 0.688. The smallest absolute Gasteiger partial charge is 0.410 e. The molecule has 0 radical (unpaired) electrons. The Kier molecular flexibility index (Phi) is 6.51. The second kappa shape index (κ2) is 8.10. The molecule has 2 N–H and O–H groups in total. The number of hydrogen-bond acceptors (Lipinski definition) is 6. The summed E-state index contributed by atoms with van der Waals surface area (Å²) in [4.78, 5) is 29.7. The van der Waals surface area contributed by atoms with Gasteiger partial charge in [-0.05, 0) is 20.8 Å². The molecular weight excluding hydrogens is 360 g/mol. The lowest BCUT2D eigenvalue weighted by atomic mass is 10.1. The minimum Gasteiger partial charge on any atom is -0.444 e. The molecule has 2 aliphatic heterocycles. The van der Waals surface area contributed by atoms with Gasteiger partial charge in [-0.15, -0.1) is 0 Å². The van der Waals surface area contributed by atoms with Crippen LogP contribution >= 0.6 is 0 Å². The van der Waals surface area contributed by atoms with Crippen molar-refractivity contribution < 1.29 is 22.7 Å². The monoisotopic (exact) mass is 390 g/mol. The lowest BCUT2D eigenvalue weighted by Gasteiger charge is -2.36. The van der Waals surface area contributed by atoms with Crippen LogP contribution in [-0.4, -0.2) is 92.3 Å². The van der Waals surface area contributed by atoms with E-state index in [1.165, 1.54) is 0 Å². The molecule has 0 aromatic rings. The van der Waals surface area contributed by atoms with Gasteiger partial charge in [0.1, 0.15) is 5.60 Å². The first-order valence-electron chi connectivity index (χ1n) is 8.91. The van der Waals surface area contributed by atoms with Gasteiger partial charge in [0.15, 0.2) is 0 Å². The molecule has 2 heterocycles. The lowest BCUT2D eigenvalue weighted by molar-refractivity contribution is -0.127. The van der Waals surface area contributed by atoms with Crippen molar-refractivity contribution in [2.24, 2.45) is 11.1 Å². The van der Waals surface area contributed by atoms with Gasteiger partial charge in [-0.2, -0.15) is 0 Å². The van der Waals surface area contributed by atoms with Crippen LogP contribution in [0.3, 0.4) is 0 Å². The Morgan fingerprint density at radius 2 is 1.81 bits per heavy atom. The topological polar surface area (TPSA) is 113 Å². The first kappa shape index (κ1) is 20.9. The van der Waals surface area contributed by atoms with Crippen molar-refractivity contribution in [3.05, 3.63) is 0 Å². The Balaban J connectivity index is 1.72. The largest absolute Gasteiger partial charge is 0.444 e. The van der Waals surface area contributed by atoms with Gasteiger partial charge in [0, 0.05) is 58.2 Å². The molecule has 2 amide bonds. The van der Waals surface area contributed by atoms with E-state index in [4.69, 9.17) is 9.88 Å². The first-order valence-corrected chi connectivity index (χ1v) is 10.6. The summed E-state index contributed by atoms with van der Waals surface area (Å²) in [7, 11) is -3.56. The zero-order valence-corrected chi connectivity index (χ0v) is 16.6. The van der Waals surface area contributed by atoms with Gasteiger partial charge in [-0.25, -0.2) is 18.4 Å². The average Bonchev–Trinajstić information content (AvgIpc) is 2.81. The normalized spacial score (nSPS) is 22.8. The number of nitrogens with zero attached hydrogens (tertiary/aromatic N) is 3. The summed E-state index contributed by atoms with van der Waals surface area (Å²) >= 11 is 0. The lowest BCUT2D eigenvalue weighted by Crippen LogP contribution is -2.51. The Morgan fingerprint density at radius 3 is 2.35 bits per heavy atom. The second-order valence-corrected chi connectivity index (χ2v) is 9.71. The number of hydrogen-bond donors (Lipinski definition) is 1. The second-order valence-electron chi connectivity index (χ2n) is 8.05. The van der Waals surface area contributed by atoms with Crippen LogP contribution < -0.4 is 5.14 Å². The van der Waals surface area contributed by atoms with E-state index < -0.39 is 15.6 Å². The fourth-order valence-corrected chi connectivity index (χ4v) is 4.13. The number of carbonyl (C=O) groups excluding carboxylic acids is 2. The Hall–Kier alpha value is -1.39. The van der Waals surface area contributed by atoms with Crippen LogP contribution in [0.15, 0.2) is 0 Å². The molecule has 0 aromatic carbocycles. The Labute approximate surface area is 155 Å². The number of ether oxygens (including phenoxy) is 1. The van der Waals surface area contributed by atoms with Gasteiger partial charge >= 0.3 is 6.09 Å². The molecule has 0 aromatic heterocycles. The van der Waals surface area contributed by atoms with E-state index in [0.717, 1.165) is 13.1 Å². The summed E-state index contributed by atoms with van der Waals surface area (Å²) in [6, 6.07) is 0. The predicted octanol–water partition coefficient (Wildman–Crippen LogP) is -0.324. The SMILES string of the molecule is CC(C)(C)OC(=O)N1CCN(CCN2CC(CS(N)(=O)=O)CC2=O)CC1. The van der Waals surface area contributed by atoms with Crippen LogP contribution in [0.2, 0.25) is 0 Å².